The molecule has 1 N–H and O–H groups in total. The minimum Gasteiger partial charge on any atom is -0.497 e. The Kier molecular flexibility index (Phi) is 3.80. The van der Waals surface area contributed by atoms with Crippen LogP contribution < -0.4 is 16.1 Å². The molecule has 3 heterocycles. The SMILES string of the molecule is COc1ccc(-n2c(=O)[nH]c3c(=O)oc4ccc(-c5ccncc5)cc4c32)cc1. The van der Waals surface area contributed by atoms with Crippen molar-refractivity contribution < 1.29 is 9.15 Å². The van der Waals surface area contributed by atoms with Gasteiger partial charge in [-0.1, -0.05) is 6.07 Å². The summed E-state index contributed by atoms with van der Waals surface area (Å²) in [5, 5.41) is 0.656. The van der Waals surface area contributed by atoms with Gasteiger partial charge in [-0.25, -0.2) is 9.59 Å². The summed E-state index contributed by atoms with van der Waals surface area (Å²) in [4.78, 5) is 31.9. The number of fused-ring (bicyclic) bond motifs is 3. The zero-order valence-corrected chi connectivity index (χ0v) is 15.4. The van der Waals surface area contributed by atoms with Crippen LogP contribution in [0.5, 0.6) is 5.75 Å². The number of methoxy groups -OCH3 is 1. The van der Waals surface area contributed by atoms with Gasteiger partial charge in [0.25, 0.3) is 0 Å². The van der Waals surface area contributed by atoms with E-state index >= 15 is 0 Å². The number of aromatic nitrogens is 3. The molecule has 0 aliphatic heterocycles. The Bertz CT molecular complexity index is 1460. The molecule has 3 aromatic heterocycles. The van der Waals surface area contributed by atoms with Gasteiger partial charge in [0, 0.05) is 17.8 Å². The van der Waals surface area contributed by atoms with Gasteiger partial charge in [-0.3, -0.25) is 14.5 Å². The molecule has 7 nitrogen and oxygen atoms in total. The highest BCUT2D eigenvalue weighted by atomic mass is 16.5. The summed E-state index contributed by atoms with van der Waals surface area (Å²) >= 11 is 0. The van der Waals surface area contributed by atoms with Gasteiger partial charge < -0.3 is 9.15 Å². The number of imidazole rings is 1. The highest BCUT2D eigenvalue weighted by Crippen LogP contribution is 2.29. The van der Waals surface area contributed by atoms with Crippen molar-refractivity contribution in [2.45, 2.75) is 0 Å². The van der Waals surface area contributed by atoms with Crippen LogP contribution in [0.1, 0.15) is 0 Å². The van der Waals surface area contributed by atoms with Crippen molar-refractivity contribution in [1.29, 1.82) is 0 Å². The van der Waals surface area contributed by atoms with Gasteiger partial charge in [0.15, 0.2) is 5.52 Å². The summed E-state index contributed by atoms with van der Waals surface area (Å²) < 4.78 is 12.1. The van der Waals surface area contributed by atoms with Crippen molar-refractivity contribution in [2.75, 3.05) is 7.11 Å². The first-order valence-corrected chi connectivity index (χ1v) is 8.92. The number of pyridine rings is 1. The van der Waals surface area contributed by atoms with Crippen LogP contribution in [0.25, 0.3) is 38.8 Å². The number of nitrogens with zero attached hydrogens (tertiary/aromatic N) is 2. The third-order valence-electron chi connectivity index (χ3n) is 4.88. The predicted octanol–water partition coefficient (Wildman–Crippen LogP) is 3.50. The molecule has 0 saturated carbocycles. The molecule has 0 aliphatic rings. The van der Waals surface area contributed by atoms with Gasteiger partial charge in [0.05, 0.1) is 18.3 Å². The molecule has 0 aliphatic carbocycles. The van der Waals surface area contributed by atoms with Gasteiger partial charge in [-0.05, 0) is 59.7 Å². The second kappa shape index (κ2) is 6.49. The molecule has 0 atom stereocenters. The minimum atomic E-state index is -0.589. The molecule has 0 radical (unpaired) electrons. The summed E-state index contributed by atoms with van der Waals surface area (Å²) in [6.07, 6.45) is 3.42. The molecule has 0 amide bonds. The van der Waals surface area contributed by atoms with Gasteiger partial charge in [-0.15, -0.1) is 0 Å². The van der Waals surface area contributed by atoms with E-state index in [1.165, 1.54) is 4.57 Å². The highest BCUT2D eigenvalue weighted by molar-refractivity contribution is 6.03. The van der Waals surface area contributed by atoms with E-state index in [4.69, 9.17) is 9.15 Å². The maximum Gasteiger partial charge on any atom is 0.362 e. The molecular formula is C22H15N3O4. The number of ether oxygens (including phenoxy) is 1. The molecule has 0 unspecified atom stereocenters. The molecule has 0 saturated heterocycles. The summed E-state index contributed by atoms with van der Waals surface area (Å²) in [6.45, 7) is 0. The van der Waals surface area contributed by atoms with E-state index < -0.39 is 11.3 Å². The van der Waals surface area contributed by atoms with E-state index in [1.54, 1.807) is 49.8 Å². The third-order valence-corrected chi connectivity index (χ3v) is 4.88. The Balaban J connectivity index is 1.86. The average Bonchev–Trinajstić information content (AvgIpc) is 3.12. The molecule has 0 fully saturated rings. The second-order valence-electron chi connectivity index (χ2n) is 6.52. The zero-order chi connectivity index (χ0) is 20.0. The Labute approximate surface area is 163 Å². The van der Waals surface area contributed by atoms with Gasteiger partial charge in [-0.2, -0.15) is 0 Å². The number of rotatable bonds is 3. The number of benzene rings is 2. The van der Waals surface area contributed by atoms with Crippen LogP contribution in [0.15, 0.2) is 81.0 Å². The first-order chi connectivity index (χ1) is 14.2. The number of H-pyrrole nitrogens is 1. The molecule has 2 aromatic carbocycles. The van der Waals surface area contributed by atoms with Crippen LogP contribution in [0.2, 0.25) is 0 Å². The summed E-state index contributed by atoms with van der Waals surface area (Å²) in [6, 6.07) is 16.4. The fourth-order valence-electron chi connectivity index (χ4n) is 3.49. The lowest BCUT2D eigenvalue weighted by atomic mass is 10.0. The normalized spacial score (nSPS) is 11.2. The Morgan fingerprint density at radius 2 is 1.72 bits per heavy atom. The largest absolute Gasteiger partial charge is 0.497 e. The molecular weight excluding hydrogens is 370 g/mol. The monoisotopic (exact) mass is 385 g/mol. The Hall–Kier alpha value is -4.13. The van der Waals surface area contributed by atoms with Crippen molar-refractivity contribution in [3.63, 3.8) is 0 Å². The number of hydrogen-bond donors (Lipinski definition) is 1. The van der Waals surface area contributed by atoms with Crippen LogP contribution >= 0.6 is 0 Å². The lowest BCUT2D eigenvalue weighted by molar-refractivity contribution is 0.414. The standard InChI is InChI=1S/C22H15N3O4/c1-28-16-5-3-15(4-6-16)25-20-17-12-14(13-8-10-23-11-9-13)2-7-18(17)29-21(26)19(20)24-22(25)27/h2-12H,1H3,(H,24,27). The lowest BCUT2D eigenvalue weighted by Crippen LogP contribution is -2.14. The lowest BCUT2D eigenvalue weighted by Gasteiger charge is -2.08. The van der Waals surface area contributed by atoms with E-state index in [0.717, 1.165) is 11.1 Å². The van der Waals surface area contributed by atoms with Gasteiger partial charge in [0.2, 0.25) is 0 Å². The molecule has 5 rings (SSSR count). The van der Waals surface area contributed by atoms with Crippen LogP contribution in [-0.2, 0) is 0 Å². The second-order valence-corrected chi connectivity index (χ2v) is 6.52. The van der Waals surface area contributed by atoms with Gasteiger partial charge >= 0.3 is 11.3 Å². The molecule has 0 spiro atoms. The van der Waals surface area contributed by atoms with Crippen molar-refractivity contribution in [3.05, 3.63) is 87.9 Å². The van der Waals surface area contributed by atoms with E-state index in [0.29, 0.717) is 27.9 Å². The molecule has 29 heavy (non-hydrogen) atoms. The summed E-state index contributed by atoms with van der Waals surface area (Å²) in [5.74, 6) is 0.672. The smallest absolute Gasteiger partial charge is 0.362 e. The zero-order valence-electron chi connectivity index (χ0n) is 15.4. The number of hydrogen-bond acceptors (Lipinski definition) is 5. The third kappa shape index (κ3) is 2.71. The van der Waals surface area contributed by atoms with Crippen molar-refractivity contribution in [1.82, 2.24) is 14.5 Å². The van der Waals surface area contributed by atoms with E-state index in [2.05, 4.69) is 9.97 Å². The van der Waals surface area contributed by atoms with Crippen LogP contribution in [0, 0.1) is 0 Å². The topological polar surface area (TPSA) is 90.1 Å². The van der Waals surface area contributed by atoms with Crippen LogP contribution in [0.4, 0.5) is 0 Å². The van der Waals surface area contributed by atoms with E-state index in [1.807, 2.05) is 24.3 Å². The molecule has 0 bridgehead atoms. The molecule has 5 aromatic rings. The van der Waals surface area contributed by atoms with E-state index in [-0.39, 0.29) is 5.52 Å². The first kappa shape index (κ1) is 17.0. The summed E-state index contributed by atoms with van der Waals surface area (Å²) in [5.41, 5.74) is 2.50. The van der Waals surface area contributed by atoms with Crippen LogP contribution in [-0.4, -0.2) is 21.6 Å². The fraction of sp³-hybridized carbons (Fsp3) is 0.0455. The van der Waals surface area contributed by atoms with Crippen LogP contribution in [0.3, 0.4) is 0 Å². The first-order valence-electron chi connectivity index (χ1n) is 8.92. The maximum atomic E-state index is 12.7. The summed E-state index contributed by atoms with van der Waals surface area (Å²) in [7, 11) is 1.58. The Morgan fingerprint density at radius 1 is 0.966 bits per heavy atom. The predicted molar refractivity (Wildman–Crippen MR) is 110 cm³/mol. The molecule has 142 valence electrons. The van der Waals surface area contributed by atoms with Crippen molar-refractivity contribution in [3.8, 4) is 22.6 Å². The van der Waals surface area contributed by atoms with Crippen molar-refractivity contribution >= 4 is 22.0 Å². The Morgan fingerprint density at radius 3 is 2.45 bits per heavy atom. The maximum absolute atomic E-state index is 12.7. The number of aromatic amines is 1. The van der Waals surface area contributed by atoms with Gasteiger partial charge in [0.1, 0.15) is 11.3 Å². The van der Waals surface area contributed by atoms with E-state index in [9.17, 15) is 9.59 Å². The highest BCUT2D eigenvalue weighted by Gasteiger charge is 2.17. The fourth-order valence-corrected chi connectivity index (χ4v) is 3.49. The quantitative estimate of drug-likeness (QED) is 0.480. The average molecular weight is 385 g/mol. The minimum absolute atomic E-state index is 0.130. The van der Waals surface area contributed by atoms with Crippen molar-refractivity contribution in [2.24, 2.45) is 0 Å². The number of nitrogens with one attached hydrogen (secondary N) is 1. The molecule has 7 heteroatoms.